The van der Waals surface area contributed by atoms with E-state index in [2.05, 4.69) is 110 Å². The van der Waals surface area contributed by atoms with E-state index in [0.717, 1.165) is 33.3 Å². The molecule has 10 aromatic carbocycles. The number of benzene rings is 10. The van der Waals surface area contributed by atoms with Gasteiger partial charge in [0.15, 0.2) is 0 Å². The summed E-state index contributed by atoms with van der Waals surface area (Å²) in [4.78, 5) is 4.99. The first kappa shape index (κ1) is 41.8. The van der Waals surface area contributed by atoms with Gasteiger partial charge in [0.1, 0.15) is 5.82 Å². The largest absolute Gasteiger partial charge is 0.510 e. The minimum Gasteiger partial charge on any atom is -0.510 e. The van der Waals surface area contributed by atoms with Gasteiger partial charge in [0, 0.05) is 60.7 Å². The molecule has 6 nitrogen and oxygen atoms in total. The van der Waals surface area contributed by atoms with Crippen LogP contribution in [0.4, 0.5) is 0 Å². The quantitative estimate of drug-likeness (QED) is 0.0956. The molecule has 0 saturated carbocycles. The van der Waals surface area contributed by atoms with Gasteiger partial charge in [-0.25, -0.2) is 4.98 Å². The summed E-state index contributed by atoms with van der Waals surface area (Å²) in [6, 6.07) is 50.5. The molecule has 0 aliphatic carbocycles. The number of hydrogen-bond donors (Lipinski definition) is 0. The van der Waals surface area contributed by atoms with Crippen molar-refractivity contribution < 1.29 is 48.2 Å². The van der Waals surface area contributed by atoms with E-state index >= 15 is 0 Å². The molecule has 0 bridgehead atoms. The molecule has 4 aromatic heterocycles. The van der Waals surface area contributed by atoms with E-state index in [1.807, 2.05) is 105 Å². The van der Waals surface area contributed by atoms with Crippen molar-refractivity contribution in [1.29, 1.82) is 0 Å². The predicted molar refractivity (Wildman–Crippen MR) is 346 cm³/mol. The van der Waals surface area contributed by atoms with Gasteiger partial charge in [-0.2, -0.15) is 18.2 Å². The number of rotatable bonds is 11. The summed E-state index contributed by atoms with van der Waals surface area (Å²) in [6.07, 6.45) is 6.11. The van der Waals surface area contributed by atoms with Gasteiger partial charge in [-0.15, -0.1) is 29.7 Å². The van der Waals surface area contributed by atoms with Gasteiger partial charge >= 0.3 is 0 Å². The molecule has 0 saturated heterocycles. The first-order chi connectivity index (χ1) is 46.0. The number of aromatic nitrogens is 5. The molecule has 0 spiro atoms. The smallest absolute Gasteiger partial charge is 0.268 e. The van der Waals surface area contributed by atoms with Crippen molar-refractivity contribution in [2.45, 2.75) is 78.1 Å². The van der Waals surface area contributed by atoms with Crippen LogP contribution >= 0.6 is 0 Å². The van der Waals surface area contributed by atoms with Crippen molar-refractivity contribution in [2.24, 2.45) is 0 Å². The predicted octanol–water partition coefficient (Wildman–Crippen LogP) is 19.1. The molecular formula is C78H65N5OPt-2. The minimum atomic E-state index is -0.524. The van der Waals surface area contributed by atoms with Crippen molar-refractivity contribution in [3.05, 3.63) is 277 Å². The fourth-order valence-corrected chi connectivity index (χ4v) is 11.6. The van der Waals surface area contributed by atoms with E-state index in [-0.39, 0.29) is 76.8 Å². The minimum absolute atomic E-state index is 0. The van der Waals surface area contributed by atoms with Crippen LogP contribution in [0.2, 0.25) is 0 Å². The summed E-state index contributed by atoms with van der Waals surface area (Å²) in [6.45, 7) is 17.5. The van der Waals surface area contributed by atoms with Crippen molar-refractivity contribution in [3.63, 3.8) is 0 Å². The van der Waals surface area contributed by atoms with Gasteiger partial charge in [-0.05, 0) is 121 Å². The Bertz CT molecular complexity index is 5510. The Morgan fingerprint density at radius 1 is 0.506 bits per heavy atom. The van der Waals surface area contributed by atoms with Crippen molar-refractivity contribution >= 4 is 54.6 Å². The summed E-state index contributed by atoms with van der Waals surface area (Å²) in [5.74, 6) is 1.22. The number of fused-ring (bicyclic) bond motifs is 7. The van der Waals surface area contributed by atoms with Crippen LogP contribution in [0.1, 0.15) is 95.5 Å². The summed E-state index contributed by atoms with van der Waals surface area (Å²) >= 11 is 0. The molecule has 0 N–H and O–H groups in total. The number of nitrogens with zero attached hydrogens (tertiary/aromatic N) is 5. The zero-order valence-corrected chi connectivity index (χ0v) is 50.5. The molecule has 7 heteroatoms. The zero-order chi connectivity index (χ0) is 68.8. The first-order valence-corrected chi connectivity index (χ1v) is 28.1. The second kappa shape index (κ2) is 21.5. The molecule has 0 radical (unpaired) electrons. The van der Waals surface area contributed by atoms with Crippen LogP contribution in [0.5, 0.6) is 11.5 Å². The number of imidazole rings is 1. The van der Waals surface area contributed by atoms with Crippen molar-refractivity contribution in [3.8, 4) is 56.6 Å². The van der Waals surface area contributed by atoms with Gasteiger partial charge in [0.05, 0.1) is 45.6 Å². The van der Waals surface area contributed by atoms with E-state index in [4.69, 9.17) is 22.1 Å². The second-order valence-corrected chi connectivity index (χ2v) is 24.1. The normalized spacial score (nSPS) is 14.3. The standard InChI is InChI=1S/C78H65N5O.Pt/c1-76(2,3)56-44-54(45-57(46-56)77(4,5)6)63-32-22-31-62(53-23-11-9-12-24-53)75(63)81-51-80(71-35-19-20-36-72(71)81)58-27-21-28-60(47-58)84-61-38-39-66-67-48-59(82-68-33-17-15-29-64(68)65-30-16-18-34-69(65)82)37-40-70(67)83(73(66)49-61)74-43-52(41-42-79-74)50-78(7,8)55-25-13-10-14-26-55;/h9-46,48H,50H2,1-8H3;/q-2;/i9D,11D,12D,15D,16D,17D,18D,23D,24D,29D,30D,33D,34D;. The molecule has 0 amide bonds. The van der Waals surface area contributed by atoms with E-state index in [1.54, 1.807) is 30.5 Å². The zero-order valence-electron chi connectivity index (χ0n) is 61.2. The Kier molecular flexibility index (Phi) is 10.6. The molecule has 420 valence electrons. The van der Waals surface area contributed by atoms with Crippen molar-refractivity contribution in [2.75, 3.05) is 0 Å². The Morgan fingerprint density at radius 3 is 1.87 bits per heavy atom. The van der Waals surface area contributed by atoms with E-state index in [0.29, 0.717) is 73.7 Å². The molecule has 0 unspecified atom stereocenters. The molecule has 14 rings (SSSR count). The van der Waals surface area contributed by atoms with E-state index in [9.17, 15) is 5.48 Å². The molecule has 85 heavy (non-hydrogen) atoms. The van der Waals surface area contributed by atoms with Crippen LogP contribution < -0.4 is 9.30 Å². The fraction of sp³-hybridized carbons (Fsp3) is 0.154. The number of hydrogen-bond acceptors (Lipinski definition) is 2. The SMILES string of the molecule is [2H]c1c([2H])c([2H])c(-c2cccc(-c3cc(C(C)(C)C)cc(C(C)(C)C)c3)c2-[n+]2[c-]n(-c3[c-]c(Oc4[c-]c5c(cc4)c4cc(-n6c7c([2H])c([2H])c([2H])c([2H])c7c7c([2H])c([2H])c([2H])c([2H])c76)ccc4n5-c4cc(CC(C)(C)c5ccccc5)ccn4)ccc3)c3ccccc32)c([2H])c1[2H].[Pt]. The Balaban J connectivity index is 0.00000864. The van der Waals surface area contributed by atoms with E-state index < -0.39 is 66.5 Å². The molecule has 0 aliphatic rings. The summed E-state index contributed by atoms with van der Waals surface area (Å²) in [5, 5.41) is 1.33. The molecule has 0 fully saturated rings. The van der Waals surface area contributed by atoms with Gasteiger partial charge in [-0.3, -0.25) is 4.57 Å². The summed E-state index contributed by atoms with van der Waals surface area (Å²) < 4.78 is 130. The first-order valence-electron chi connectivity index (χ1n) is 34.6. The van der Waals surface area contributed by atoms with Gasteiger partial charge in [0.2, 0.25) is 0 Å². The average Bonchev–Trinajstić information content (AvgIpc) is 1.53. The third-order valence-corrected chi connectivity index (χ3v) is 15.9. The Morgan fingerprint density at radius 2 is 1.15 bits per heavy atom. The molecule has 14 aromatic rings. The monoisotopic (exact) mass is 1300 g/mol. The van der Waals surface area contributed by atoms with Crippen LogP contribution in [-0.2, 0) is 43.7 Å². The topological polar surface area (TPSA) is 40.8 Å². The van der Waals surface area contributed by atoms with Gasteiger partial charge in [0.25, 0.3) is 6.33 Å². The summed E-state index contributed by atoms with van der Waals surface area (Å²) in [5.41, 5.74) is 9.91. The van der Waals surface area contributed by atoms with Crippen LogP contribution in [0.15, 0.2) is 236 Å². The van der Waals surface area contributed by atoms with Gasteiger partial charge in [-0.1, -0.05) is 218 Å². The molecule has 0 aliphatic heterocycles. The number of ether oxygens (including phenoxy) is 1. The average molecular weight is 1300 g/mol. The Hall–Kier alpha value is -9.09. The van der Waals surface area contributed by atoms with Crippen LogP contribution in [0, 0.1) is 18.5 Å². The Labute approximate surface area is 530 Å². The maximum absolute atomic E-state index is 9.31. The number of para-hydroxylation sites is 5. The van der Waals surface area contributed by atoms with Crippen molar-refractivity contribution in [1.82, 2.24) is 18.7 Å². The number of pyridine rings is 1. The van der Waals surface area contributed by atoms with Crippen LogP contribution in [0.3, 0.4) is 0 Å². The molecule has 0 atom stereocenters. The van der Waals surface area contributed by atoms with E-state index in [1.165, 1.54) is 10.1 Å². The third-order valence-electron chi connectivity index (χ3n) is 15.9. The van der Waals surface area contributed by atoms with Gasteiger partial charge < -0.3 is 18.4 Å². The third kappa shape index (κ3) is 10.1. The van der Waals surface area contributed by atoms with Crippen LogP contribution in [0.25, 0.3) is 99.8 Å². The maximum atomic E-state index is 9.31. The maximum Gasteiger partial charge on any atom is 0.268 e. The fourth-order valence-electron chi connectivity index (χ4n) is 11.6. The second-order valence-electron chi connectivity index (χ2n) is 24.1. The summed E-state index contributed by atoms with van der Waals surface area (Å²) in [7, 11) is 0. The molecular weight excluding hydrogens is 1220 g/mol. The van der Waals surface area contributed by atoms with Crippen LogP contribution in [-0.4, -0.2) is 18.7 Å². The molecule has 4 heterocycles.